The first-order chi connectivity index (χ1) is 10.5. The smallest absolute Gasteiger partial charge is 0.243 e. The molecule has 24 heavy (non-hydrogen) atoms. The zero-order chi connectivity index (χ0) is 15.7. The van der Waals surface area contributed by atoms with Gasteiger partial charge in [0.25, 0.3) is 0 Å². The van der Waals surface area contributed by atoms with E-state index in [0.717, 1.165) is 29.3 Å². The molecule has 5 nitrogen and oxygen atoms in total. The first kappa shape index (κ1) is 21.1. The molecule has 0 amide bonds. The maximum atomic E-state index is 13.2. The molecule has 3 rings (SSSR count). The summed E-state index contributed by atoms with van der Waals surface area (Å²) < 4.78 is 28.0. The molecule has 0 radical (unpaired) electrons. The van der Waals surface area contributed by atoms with E-state index in [-0.39, 0.29) is 30.9 Å². The fourth-order valence-electron chi connectivity index (χ4n) is 3.06. The van der Waals surface area contributed by atoms with Gasteiger partial charge >= 0.3 is 0 Å². The number of hydrogen-bond acceptors (Lipinski definition) is 4. The standard InChI is InChI=1S/C16H21N3O2S.2ClH/c1-12-9-18-11-14-5-3-6-15(16(12)14)22(20,21)19-8-4-7-17-10-13(19)2;;/h3,5-6,9,11,13,17H,4,7-8,10H2,1-2H3;2*1H. The highest BCUT2D eigenvalue weighted by molar-refractivity contribution is 7.89. The fraction of sp³-hybridized carbons (Fsp3) is 0.438. The minimum atomic E-state index is -3.52. The number of pyridine rings is 1. The summed E-state index contributed by atoms with van der Waals surface area (Å²) in [5.74, 6) is 0. The number of sulfonamides is 1. The van der Waals surface area contributed by atoms with Gasteiger partial charge in [-0.05, 0) is 38.4 Å². The summed E-state index contributed by atoms with van der Waals surface area (Å²) in [5.41, 5.74) is 0.886. The minimum Gasteiger partial charge on any atom is -0.315 e. The second-order valence-corrected chi connectivity index (χ2v) is 7.69. The molecular weight excluding hydrogens is 369 g/mol. The van der Waals surface area contributed by atoms with Crippen molar-refractivity contribution >= 4 is 45.6 Å². The molecule has 0 saturated carbocycles. The van der Waals surface area contributed by atoms with E-state index in [1.807, 2.05) is 19.9 Å². The van der Waals surface area contributed by atoms with Gasteiger partial charge in [-0.15, -0.1) is 24.8 Å². The first-order valence-corrected chi connectivity index (χ1v) is 9.01. The molecular formula is C16H23Cl2N3O2S. The summed E-state index contributed by atoms with van der Waals surface area (Å²) in [4.78, 5) is 4.55. The largest absolute Gasteiger partial charge is 0.315 e. The van der Waals surface area contributed by atoms with Gasteiger partial charge in [0.2, 0.25) is 10.0 Å². The van der Waals surface area contributed by atoms with Crippen molar-refractivity contribution in [2.24, 2.45) is 0 Å². The summed E-state index contributed by atoms with van der Waals surface area (Å²) in [6.07, 6.45) is 4.26. The van der Waals surface area contributed by atoms with Crippen molar-refractivity contribution in [3.63, 3.8) is 0 Å². The molecule has 1 saturated heterocycles. The van der Waals surface area contributed by atoms with Gasteiger partial charge in [0.15, 0.2) is 0 Å². The number of halogens is 2. The predicted molar refractivity (Wildman–Crippen MR) is 102 cm³/mol. The Morgan fingerprint density at radius 2 is 2.00 bits per heavy atom. The molecule has 2 aromatic rings. The molecule has 1 aromatic carbocycles. The van der Waals surface area contributed by atoms with E-state index in [9.17, 15) is 8.42 Å². The zero-order valence-electron chi connectivity index (χ0n) is 13.7. The zero-order valence-corrected chi connectivity index (χ0v) is 16.2. The van der Waals surface area contributed by atoms with Crippen LogP contribution >= 0.6 is 24.8 Å². The lowest BCUT2D eigenvalue weighted by Gasteiger charge is -2.26. The van der Waals surface area contributed by atoms with Crippen molar-refractivity contribution < 1.29 is 8.42 Å². The summed E-state index contributed by atoms with van der Waals surface area (Å²) in [5, 5.41) is 4.93. The SMILES string of the molecule is Cc1cncc2cccc(S(=O)(=O)N3CCCNCC3C)c12.Cl.Cl. The topological polar surface area (TPSA) is 62.3 Å². The van der Waals surface area contributed by atoms with Crippen LogP contribution in [0.5, 0.6) is 0 Å². The highest BCUT2D eigenvalue weighted by Gasteiger charge is 2.31. The summed E-state index contributed by atoms with van der Waals surface area (Å²) in [6, 6.07) is 5.35. The molecule has 8 heteroatoms. The number of aryl methyl sites for hydroxylation is 1. The number of nitrogens with zero attached hydrogens (tertiary/aromatic N) is 2. The Kier molecular flexibility index (Phi) is 7.44. The third kappa shape index (κ3) is 3.83. The minimum absolute atomic E-state index is 0. The summed E-state index contributed by atoms with van der Waals surface area (Å²) in [7, 11) is -3.52. The summed E-state index contributed by atoms with van der Waals surface area (Å²) in [6.45, 7) is 5.95. The van der Waals surface area contributed by atoms with E-state index < -0.39 is 10.0 Å². The Morgan fingerprint density at radius 3 is 2.75 bits per heavy atom. The van der Waals surface area contributed by atoms with Crippen LogP contribution < -0.4 is 5.32 Å². The molecule has 1 aliphatic heterocycles. The normalized spacial score (nSPS) is 19.2. The van der Waals surface area contributed by atoms with Crippen LogP contribution in [0.1, 0.15) is 18.9 Å². The van der Waals surface area contributed by atoms with Gasteiger partial charge in [-0.25, -0.2) is 8.42 Å². The van der Waals surface area contributed by atoms with Crippen LogP contribution in [0.2, 0.25) is 0 Å². The highest BCUT2D eigenvalue weighted by Crippen LogP contribution is 2.29. The van der Waals surface area contributed by atoms with Crippen molar-refractivity contribution in [3.8, 4) is 0 Å². The van der Waals surface area contributed by atoms with E-state index in [2.05, 4.69) is 10.3 Å². The van der Waals surface area contributed by atoms with Crippen molar-refractivity contribution in [3.05, 3.63) is 36.2 Å². The second-order valence-electron chi connectivity index (χ2n) is 5.83. The molecule has 1 fully saturated rings. The molecule has 1 atom stereocenters. The number of nitrogens with one attached hydrogen (secondary N) is 1. The van der Waals surface area contributed by atoms with Crippen LogP contribution in [0.15, 0.2) is 35.5 Å². The summed E-state index contributed by atoms with van der Waals surface area (Å²) >= 11 is 0. The molecule has 1 aromatic heterocycles. The van der Waals surface area contributed by atoms with Gasteiger partial charge in [-0.3, -0.25) is 4.98 Å². The lowest BCUT2D eigenvalue weighted by molar-refractivity contribution is 0.354. The maximum Gasteiger partial charge on any atom is 0.243 e. The third-order valence-corrected chi connectivity index (χ3v) is 6.24. The van der Waals surface area contributed by atoms with Gasteiger partial charge in [0.1, 0.15) is 0 Å². The number of hydrogen-bond donors (Lipinski definition) is 1. The Bertz CT molecular complexity index is 794. The van der Waals surface area contributed by atoms with Crippen molar-refractivity contribution in [1.29, 1.82) is 0 Å². The van der Waals surface area contributed by atoms with Crippen LogP contribution in [-0.4, -0.2) is 43.4 Å². The van der Waals surface area contributed by atoms with E-state index >= 15 is 0 Å². The predicted octanol–water partition coefficient (Wildman–Crippen LogP) is 2.76. The van der Waals surface area contributed by atoms with Crippen LogP contribution in [0.25, 0.3) is 10.8 Å². The number of aromatic nitrogens is 1. The second kappa shape index (κ2) is 8.45. The molecule has 0 spiro atoms. The molecule has 2 heterocycles. The van der Waals surface area contributed by atoms with E-state index in [0.29, 0.717) is 18.0 Å². The van der Waals surface area contributed by atoms with E-state index in [1.165, 1.54) is 0 Å². The third-order valence-electron chi connectivity index (χ3n) is 4.18. The average Bonchev–Trinajstić information content (AvgIpc) is 2.72. The van der Waals surface area contributed by atoms with Crippen molar-refractivity contribution in [2.45, 2.75) is 31.2 Å². The molecule has 134 valence electrons. The van der Waals surface area contributed by atoms with Crippen LogP contribution in [0.4, 0.5) is 0 Å². The average molecular weight is 392 g/mol. The number of rotatable bonds is 2. The molecule has 0 bridgehead atoms. The van der Waals surface area contributed by atoms with Gasteiger partial charge in [-0.2, -0.15) is 4.31 Å². The molecule has 1 aliphatic rings. The lowest BCUT2D eigenvalue weighted by Crippen LogP contribution is -2.41. The maximum absolute atomic E-state index is 13.2. The Balaban J connectivity index is 0.00000144. The van der Waals surface area contributed by atoms with E-state index in [1.54, 1.807) is 28.8 Å². The molecule has 1 unspecified atom stereocenters. The van der Waals surface area contributed by atoms with Gasteiger partial charge < -0.3 is 5.32 Å². The fourth-order valence-corrected chi connectivity index (χ4v) is 5.02. The van der Waals surface area contributed by atoms with Crippen LogP contribution in [-0.2, 0) is 10.0 Å². The van der Waals surface area contributed by atoms with Gasteiger partial charge in [-0.1, -0.05) is 12.1 Å². The number of benzene rings is 1. The van der Waals surface area contributed by atoms with E-state index in [4.69, 9.17) is 0 Å². The Labute approximate surface area is 155 Å². The molecule has 0 aliphatic carbocycles. The monoisotopic (exact) mass is 391 g/mol. The first-order valence-electron chi connectivity index (χ1n) is 7.57. The quantitative estimate of drug-likeness (QED) is 0.854. The Morgan fingerprint density at radius 1 is 1.25 bits per heavy atom. The molecule has 1 N–H and O–H groups in total. The lowest BCUT2D eigenvalue weighted by atomic mass is 10.1. The van der Waals surface area contributed by atoms with Crippen molar-refractivity contribution in [1.82, 2.24) is 14.6 Å². The Hall–Kier alpha value is -0.920. The van der Waals surface area contributed by atoms with Crippen molar-refractivity contribution in [2.75, 3.05) is 19.6 Å². The number of fused-ring (bicyclic) bond motifs is 1. The van der Waals surface area contributed by atoms with Gasteiger partial charge in [0, 0.05) is 42.3 Å². The van der Waals surface area contributed by atoms with Crippen LogP contribution in [0, 0.1) is 6.92 Å². The highest BCUT2D eigenvalue weighted by atomic mass is 35.5. The van der Waals surface area contributed by atoms with Gasteiger partial charge in [0.05, 0.1) is 4.90 Å². The van der Waals surface area contributed by atoms with Crippen LogP contribution in [0.3, 0.4) is 0 Å².